The molecule has 0 saturated heterocycles. The summed E-state index contributed by atoms with van der Waals surface area (Å²) < 4.78 is 34.2. The molecule has 0 heterocycles. The molecule has 0 aromatic heterocycles. The van der Waals surface area contributed by atoms with E-state index in [0.29, 0.717) is 28.6 Å². The van der Waals surface area contributed by atoms with Crippen molar-refractivity contribution in [3.8, 4) is 5.75 Å². The van der Waals surface area contributed by atoms with E-state index in [-0.39, 0.29) is 10.8 Å². The Bertz CT molecular complexity index is 1150. The molecule has 0 saturated carbocycles. The first-order valence-electron chi connectivity index (χ1n) is 9.39. The number of amides is 1. The molecule has 0 spiro atoms. The predicted molar refractivity (Wildman–Crippen MR) is 126 cm³/mol. The van der Waals surface area contributed by atoms with Crippen molar-refractivity contribution in [3.05, 3.63) is 82.3 Å². The molecule has 0 aliphatic heterocycles. The maximum absolute atomic E-state index is 12.6. The average Bonchev–Trinajstić information content (AvgIpc) is 2.75. The summed E-state index contributed by atoms with van der Waals surface area (Å²) in [5, 5.41) is 3.16. The smallest absolute Gasteiger partial charge is 0.265 e. The first-order valence-corrected chi connectivity index (χ1v) is 12.0. The molecule has 0 radical (unpaired) electrons. The van der Waals surface area contributed by atoms with Crippen LogP contribution in [0.1, 0.15) is 13.3 Å². The van der Waals surface area contributed by atoms with Crippen molar-refractivity contribution >= 4 is 54.8 Å². The van der Waals surface area contributed by atoms with Gasteiger partial charge in [0.1, 0.15) is 5.75 Å². The van der Waals surface area contributed by atoms with Gasteiger partial charge in [0.25, 0.3) is 15.9 Å². The number of nitrogens with one attached hydrogen (secondary N) is 2. The van der Waals surface area contributed by atoms with Gasteiger partial charge in [0, 0.05) is 15.8 Å². The van der Waals surface area contributed by atoms with E-state index < -0.39 is 16.1 Å². The monoisotopic (exact) mass is 522 g/mol. The van der Waals surface area contributed by atoms with Crippen LogP contribution in [0.25, 0.3) is 0 Å². The van der Waals surface area contributed by atoms with Crippen molar-refractivity contribution in [2.24, 2.45) is 0 Å². The third-order valence-electron chi connectivity index (χ3n) is 4.30. The van der Waals surface area contributed by atoms with Gasteiger partial charge in [-0.15, -0.1) is 0 Å². The molecule has 2 N–H and O–H groups in total. The molecular formula is C22H20BrClN2O4S. The van der Waals surface area contributed by atoms with Crippen molar-refractivity contribution < 1.29 is 17.9 Å². The maximum Gasteiger partial charge on any atom is 0.265 e. The Morgan fingerprint density at radius 3 is 2.23 bits per heavy atom. The lowest BCUT2D eigenvalue weighted by Crippen LogP contribution is -2.32. The van der Waals surface area contributed by atoms with Crippen LogP contribution in [0.2, 0.25) is 5.02 Å². The zero-order valence-corrected chi connectivity index (χ0v) is 19.7. The first kappa shape index (κ1) is 23.1. The topological polar surface area (TPSA) is 84.5 Å². The zero-order valence-electron chi connectivity index (χ0n) is 16.5. The number of carbonyl (C=O) groups is 1. The number of anilines is 2. The summed E-state index contributed by atoms with van der Waals surface area (Å²) in [6.45, 7) is 1.82. The highest BCUT2D eigenvalue weighted by atomic mass is 79.9. The second-order valence-electron chi connectivity index (χ2n) is 6.57. The van der Waals surface area contributed by atoms with Crippen LogP contribution in [0.5, 0.6) is 5.75 Å². The quantitative estimate of drug-likeness (QED) is 0.397. The van der Waals surface area contributed by atoms with Crippen molar-refractivity contribution in [1.29, 1.82) is 0 Å². The molecule has 3 aromatic carbocycles. The molecule has 0 bridgehead atoms. The van der Waals surface area contributed by atoms with Crippen LogP contribution in [0, 0.1) is 0 Å². The Morgan fingerprint density at radius 1 is 1.00 bits per heavy atom. The van der Waals surface area contributed by atoms with Crippen LogP contribution >= 0.6 is 27.5 Å². The Hall–Kier alpha value is -2.55. The van der Waals surface area contributed by atoms with Crippen molar-refractivity contribution in [2.45, 2.75) is 24.3 Å². The molecule has 31 heavy (non-hydrogen) atoms. The number of halogens is 2. The molecule has 0 unspecified atom stereocenters. The summed E-state index contributed by atoms with van der Waals surface area (Å²) in [4.78, 5) is 12.7. The summed E-state index contributed by atoms with van der Waals surface area (Å²) in [5.41, 5.74) is 0.900. The van der Waals surface area contributed by atoms with Crippen LogP contribution < -0.4 is 14.8 Å². The fraction of sp³-hybridized carbons (Fsp3) is 0.136. The molecule has 1 atom stereocenters. The Kier molecular flexibility index (Phi) is 7.59. The van der Waals surface area contributed by atoms with E-state index in [1.54, 1.807) is 48.5 Å². The van der Waals surface area contributed by atoms with Gasteiger partial charge in [-0.2, -0.15) is 0 Å². The molecule has 3 aromatic rings. The molecule has 9 heteroatoms. The summed E-state index contributed by atoms with van der Waals surface area (Å²) in [7, 11) is -3.76. The highest BCUT2D eigenvalue weighted by Crippen LogP contribution is 2.25. The number of hydrogen-bond donors (Lipinski definition) is 2. The predicted octanol–water partition coefficient (Wildman–Crippen LogP) is 5.70. The molecular weight excluding hydrogens is 504 g/mol. The van der Waals surface area contributed by atoms with Crippen molar-refractivity contribution in [1.82, 2.24) is 0 Å². The van der Waals surface area contributed by atoms with E-state index in [0.717, 1.165) is 4.47 Å². The van der Waals surface area contributed by atoms with Gasteiger partial charge >= 0.3 is 0 Å². The van der Waals surface area contributed by atoms with Gasteiger partial charge in [0.05, 0.1) is 9.92 Å². The number of sulfonamides is 1. The second kappa shape index (κ2) is 10.2. The number of hydrogen-bond acceptors (Lipinski definition) is 4. The molecule has 1 amide bonds. The molecule has 3 rings (SSSR count). The minimum Gasteiger partial charge on any atom is -0.479 e. The lowest BCUT2D eigenvalue weighted by molar-refractivity contribution is -0.122. The van der Waals surface area contributed by atoms with Crippen LogP contribution in [-0.2, 0) is 14.8 Å². The lowest BCUT2D eigenvalue weighted by Gasteiger charge is -2.18. The number of rotatable bonds is 8. The molecule has 0 aliphatic carbocycles. The third kappa shape index (κ3) is 6.22. The fourth-order valence-electron chi connectivity index (χ4n) is 2.69. The maximum atomic E-state index is 12.6. The molecule has 0 fully saturated rings. The fourth-order valence-corrected chi connectivity index (χ4v) is 4.19. The minimum absolute atomic E-state index is 0.0766. The second-order valence-corrected chi connectivity index (χ2v) is 9.58. The standard InChI is InChI=1S/C22H20BrClN2O4S/c1-2-20(30-21-6-4-3-5-19(21)24)22(27)25-16-11-13-18(14-12-16)31(28,29)26-17-9-7-15(23)8-10-17/h3-14,20,26H,2H2,1H3,(H,25,27)/t20-/m0/s1. The van der Waals surface area contributed by atoms with E-state index in [4.69, 9.17) is 16.3 Å². The van der Waals surface area contributed by atoms with Gasteiger partial charge in [-0.25, -0.2) is 8.42 Å². The van der Waals surface area contributed by atoms with E-state index in [1.165, 1.54) is 24.3 Å². The zero-order chi connectivity index (χ0) is 22.4. The first-order chi connectivity index (χ1) is 14.8. The van der Waals surface area contributed by atoms with Crippen LogP contribution in [-0.4, -0.2) is 20.4 Å². The summed E-state index contributed by atoms with van der Waals surface area (Å²) in [6.07, 6.45) is -0.317. The van der Waals surface area contributed by atoms with E-state index in [9.17, 15) is 13.2 Å². The highest BCUT2D eigenvalue weighted by molar-refractivity contribution is 9.10. The van der Waals surface area contributed by atoms with Gasteiger partial charge < -0.3 is 10.1 Å². The van der Waals surface area contributed by atoms with Gasteiger partial charge in [-0.1, -0.05) is 46.6 Å². The average molecular weight is 524 g/mol. The third-order valence-corrected chi connectivity index (χ3v) is 6.54. The Balaban J connectivity index is 1.67. The largest absolute Gasteiger partial charge is 0.479 e. The summed E-state index contributed by atoms with van der Waals surface area (Å²) in [5.74, 6) is 0.0673. The molecule has 0 aliphatic rings. The normalized spacial score (nSPS) is 12.1. The Morgan fingerprint density at radius 2 is 1.61 bits per heavy atom. The van der Waals surface area contributed by atoms with E-state index >= 15 is 0 Å². The van der Waals surface area contributed by atoms with Crippen LogP contribution in [0.3, 0.4) is 0 Å². The van der Waals surface area contributed by atoms with Crippen LogP contribution in [0.4, 0.5) is 11.4 Å². The van der Waals surface area contributed by atoms with Crippen LogP contribution in [0.15, 0.2) is 82.2 Å². The molecule has 6 nitrogen and oxygen atoms in total. The van der Waals surface area contributed by atoms with Crippen molar-refractivity contribution in [3.63, 3.8) is 0 Å². The van der Waals surface area contributed by atoms with E-state index in [1.807, 2.05) is 6.92 Å². The summed E-state index contributed by atoms with van der Waals surface area (Å²) in [6, 6.07) is 19.6. The highest BCUT2D eigenvalue weighted by Gasteiger charge is 2.20. The Labute approximate surface area is 194 Å². The lowest BCUT2D eigenvalue weighted by atomic mass is 10.2. The number of para-hydroxylation sites is 1. The van der Waals surface area contributed by atoms with Gasteiger partial charge in [0.15, 0.2) is 6.10 Å². The number of benzene rings is 3. The number of carbonyl (C=O) groups excluding carboxylic acids is 1. The summed E-state index contributed by atoms with van der Waals surface area (Å²) >= 11 is 9.40. The van der Waals surface area contributed by atoms with Crippen molar-refractivity contribution in [2.75, 3.05) is 10.0 Å². The van der Waals surface area contributed by atoms with Gasteiger partial charge in [-0.3, -0.25) is 9.52 Å². The van der Waals surface area contributed by atoms with E-state index in [2.05, 4.69) is 26.0 Å². The SMILES string of the molecule is CC[C@H](Oc1ccccc1Cl)C(=O)Nc1ccc(S(=O)(=O)Nc2ccc(Br)cc2)cc1. The van der Waals surface area contributed by atoms with Gasteiger partial charge in [-0.05, 0) is 67.1 Å². The van der Waals surface area contributed by atoms with Gasteiger partial charge in [0.2, 0.25) is 0 Å². The number of ether oxygens (including phenoxy) is 1. The minimum atomic E-state index is -3.76. The molecule has 162 valence electrons.